The minimum absolute atomic E-state index is 0.177. The molecule has 0 aliphatic carbocycles. The summed E-state index contributed by atoms with van der Waals surface area (Å²) in [6.45, 7) is 3.63. The number of benzene rings is 1. The second-order valence-electron chi connectivity index (χ2n) is 4.81. The monoisotopic (exact) mass is 298 g/mol. The van der Waals surface area contributed by atoms with Crippen LogP contribution >= 0.6 is 0 Å². The van der Waals surface area contributed by atoms with E-state index in [-0.39, 0.29) is 5.75 Å². The van der Waals surface area contributed by atoms with Gasteiger partial charge in [-0.1, -0.05) is 10.3 Å². The van der Waals surface area contributed by atoms with Crippen LogP contribution in [0.25, 0.3) is 17.1 Å². The van der Waals surface area contributed by atoms with E-state index in [1.807, 2.05) is 6.92 Å². The minimum Gasteiger partial charge on any atom is -0.508 e. The van der Waals surface area contributed by atoms with Gasteiger partial charge in [0.15, 0.2) is 5.76 Å². The number of rotatable bonds is 3. The van der Waals surface area contributed by atoms with Crippen LogP contribution in [0.15, 0.2) is 40.1 Å². The summed E-state index contributed by atoms with van der Waals surface area (Å²) in [5, 5.41) is 25.3. The van der Waals surface area contributed by atoms with Crippen LogP contribution in [-0.4, -0.2) is 31.2 Å². The van der Waals surface area contributed by atoms with Crippen molar-refractivity contribution in [2.75, 3.05) is 0 Å². The van der Waals surface area contributed by atoms with Gasteiger partial charge in [-0.3, -0.25) is 4.57 Å². The van der Waals surface area contributed by atoms with Crippen molar-refractivity contribution in [2.24, 2.45) is 5.16 Å². The number of imidazole rings is 1. The third-order valence-corrected chi connectivity index (χ3v) is 3.32. The third-order valence-electron chi connectivity index (χ3n) is 3.32. The molecule has 0 saturated carbocycles. The maximum Gasteiger partial charge on any atom is 0.157 e. The van der Waals surface area contributed by atoms with Gasteiger partial charge in [-0.05, 0) is 38.1 Å². The standard InChI is InChI=1S/C15H14N4O3/c1-9-14(10(2)22-18-9)19-12(8-17-21)7-16-15(19)11-3-5-13(20)6-4-11/h3-8,20-21H,1-2H3. The fraction of sp³-hybridized carbons (Fsp3) is 0.133. The maximum absolute atomic E-state index is 9.43. The van der Waals surface area contributed by atoms with Crippen LogP contribution in [0.5, 0.6) is 5.75 Å². The highest BCUT2D eigenvalue weighted by Gasteiger charge is 2.19. The molecule has 2 aromatic heterocycles. The van der Waals surface area contributed by atoms with Crippen molar-refractivity contribution in [3.63, 3.8) is 0 Å². The number of aromatic nitrogens is 3. The lowest BCUT2D eigenvalue weighted by Gasteiger charge is -2.09. The highest BCUT2D eigenvalue weighted by molar-refractivity contribution is 5.80. The van der Waals surface area contributed by atoms with Crippen molar-refractivity contribution in [3.05, 3.63) is 47.6 Å². The van der Waals surface area contributed by atoms with Gasteiger partial charge in [-0.15, -0.1) is 0 Å². The second kappa shape index (κ2) is 5.36. The first-order valence-corrected chi connectivity index (χ1v) is 6.59. The topological polar surface area (TPSA) is 96.7 Å². The summed E-state index contributed by atoms with van der Waals surface area (Å²) in [6, 6.07) is 6.68. The first kappa shape index (κ1) is 13.9. The molecule has 3 aromatic rings. The molecule has 0 unspecified atom stereocenters. The number of aromatic hydroxyl groups is 1. The Hall–Kier alpha value is -3.09. The zero-order chi connectivity index (χ0) is 15.7. The fourth-order valence-corrected chi connectivity index (χ4v) is 2.36. The molecule has 0 aliphatic heterocycles. The lowest BCUT2D eigenvalue weighted by molar-refractivity contribution is 0.321. The van der Waals surface area contributed by atoms with Crippen LogP contribution in [0.3, 0.4) is 0 Å². The SMILES string of the molecule is Cc1noc(C)c1-n1c(C=NO)cnc1-c1ccc(O)cc1. The van der Waals surface area contributed by atoms with E-state index in [1.54, 1.807) is 42.0 Å². The predicted octanol–water partition coefficient (Wildman–Crippen LogP) is 2.66. The number of nitrogens with zero attached hydrogens (tertiary/aromatic N) is 4. The van der Waals surface area contributed by atoms with Crippen molar-refractivity contribution in [3.8, 4) is 22.8 Å². The molecule has 0 amide bonds. The molecule has 0 spiro atoms. The molecule has 3 rings (SSSR count). The number of hydrogen-bond donors (Lipinski definition) is 2. The average molecular weight is 298 g/mol. The lowest BCUT2D eigenvalue weighted by atomic mass is 10.2. The molecule has 0 fully saturated rings. The summed E-state index contributed by atoms with van der Waals surface area (Å²) in [7, 11) is 0. The molecule has 7 heteroatoms. The molecule has 1 aromatic carbocycles. The van der Waals surface area contributed by atoms with Crippen molar-refractivity contribution >= 4 is 6.21 Å². The van der Waals surface area contributed by atoms with E-state index in [0.717, 1.165) is 11.3 Å². The van der Waals surface area contributed by atoms with E-state index < -0.39 is 0 Å². The Kier molecular flexibility index (Phi) is 3.38. The van der Waals surface area contributed by atoms with Gasteiger partial charge in [0.2, 0.25) is 0 Å². The molecule has 7 nitrogen and oxygen atoms in total. The van der Waals surface area contributed by atoms with Crippen molar-refractivity contribution in [1.29, 1.82) is 0 Å². The second-order valence-corrected chi connectivity index (χ2v) is 4.81. The molecule has 2 N–H and O–H groups in total. The maximum atomic E-state index is 9.43. The quantitative estimate of drug-likeness (QED) is 0.440. The number of phenolic OH excluding ortho intramolecular Hbond substituents is 1. The van der Waals surface area contributed by atoms with Crippen molar-refractivity contribution in [2.45, 2.75) is 13.8 Å². The summed E-state index contributed by atoms with van der Waals surface area (Å²) in [5.74, 6) is 1.43. The summed E-state index contributed by atoms with van der Waals surface area (Å²) < 4.78 is 7.02. The van der Waals surface area contributed by atoms with Crippen molar-refractivity contribution < 1.29 is 14.8 Å². The molecule has 112 valence electrons. The van der Waals surface area contributed by atoms with Crippen LogP contribution < -0.4 is 0 Å². The van der Waals surface area contributed by atoms with Gasteiger partial charge in [-0.25, -0.2) is 4.98 Å². The van der Waals surface area contributed by atoms with Crippen LogP contribution in [0.2, 0.25) is 0 Å². The Labute approximate surface area is 126 Å². The third kappa shape index (κ3) is 2.22. The molecular weight excluding hydrogens is 284 g/mol. The summed E-state index contributed by atoms with van der Waals surface area (Å²) in [4.78, 5) is 4.38. The molecule has 0 bridgehead atoms. The van der Waals surface area contributed by atoms with Crippen LogP contribution in [0, 0.1) is 13.8 Å². The number of phenols is 1. The first-order chi connectivity index (χ1) is 10.6. The van der Waals surface area contributed by atoms with E-state index in [2.05, 4.69) is 15.3 Å². The van der Waals surface area contributed by atoms with E-state index >= 15 is 0 Å². The summed E-state index contributed by atoms with van der Waals surface area (Å²) >= 11 is 0. The van der Waals surface area contributed by atoms with Gasteiger partial charge in [0, 0.05) is 5.56 Å². The summed E-state index contributed by atoms with van der Waals surface area (Å²) in [6.07, 6.45) is 2.89. The smallest absolute Gasteiger partial charge is 0.157 e. The minimum atomic E-state index is 0.177. The zero-order valence-electron chi connectivity index (χ0n) is 12.1. The Bertz CT molecular complexity index is 812. The molecule has 0 aliphatic rings. The molecule has 2 heterocycles. The predicted molar refractivity (Wildman–Crippen MR) is 79.6 cm³/mol. The Morgan fingerprint density at radius 1 is 1.23 bits per heavy atom. The van der Waals surface area contributed by atoms with Crippen molar-refractivity contribution in [1.82, 2.24) is 14.7 Å². The Morgan fingerprint density at radius 3 is 2.55 bits per heavy atom. The normalized spacial score (nSPS) is 11.4. The van der Waals surface area contributed by atoms with E-state index in [4.69, 9.17) is 9.73 Å². The average Bonchev–Trinajstić information content (AvgIpc) is 3.04. The van der Waals surface area contributed by atoms with Crippen LogP contribution in [0.4, 0.5) is 0 Å². The first-order valence-electron chi connectivity index (χ1n) is 6.59. The van der Waals surface area contributed by atoms with Gasteiger partial charge in [0.05, 0.1) is 18.1 Å². The number of oxime groups is 1. The van der Waals surface area contributed by atoms with E-state index in [9.17, 15) is 5.11 Å². The number of hydrogen-bond acceptors (Lipinski definition) is 6. The van der Waals surface area contributed by atoms with E-state index in [0.29, 0.717) is 23.0 Å². The highest BCUT2D eigenvalue weighted by Crippen LogP contribution is 2.28. The van der Waals surface area contributed by atoms with Gasteiger partial charge in [0.25, 0.3) is 0 Å². The van der Waals surface area contributed by atoms with Gasteiger partial charge >= 0.3 is 0 Å². The largest absolute Gasteiger partial charge is 0.508 e. The zero-order valence-corrected chi connectivity index (χ0v) is 12.1. The molecule has 0 atom stereocenters. The van der Waals surface area contributed by atoms with Gasteiger partial charge < -0.3 is 14.8 Å². The van der Waals surface area contributed by atoms with Crippen LogP contribution in [-0.2, 0) is 0 Å². The number of aryl methyl sites for hydroxylation is 2. The van der Waals surface area contributed by atoms with Gasteiger partial charge in [0.1, 0.15) is 23.0 Å². The highest BCUT2D eigenvalue weighted by atomic mass is 16.5. The van der Waals surface area contributed by atoms with Crippen LogP contribution in [0.1, 0.15) is 17.1 Å². The fourth-order valence-electron chi connectivity index (χ4n) is 2.36. The lowest BCUT2D eigenvalue weighted by Crippen LogP contribution is -2.04. The van der Waals surface area contributed by atoms with E-state index in [1.165, 1.54) is 6.21 Å². The molecule has 22 heavy (non-hydrogen) atoms. The van der Waals surface area contributed by atoms with Gasteiger partial charge in [-0.2, -0.15) is 0 Å². The molecule has 0 saturated heterocycles. The summed E-state index contributed by atoms with van der Waals surface area (Å²) in [5.41, 5.74) is 2.83. The Balaban J connectivity index is 2.26. The Morgan fingerprint density at radius 2 is 1.95 bits per heavy atom. The molecular formula is C15H14N4O3. The molecule has 0 radical (unpaired) electrons.